The number of carbonyl (C=O) groups excluding carboxylic acids is 1. The Bertz CT molecular complexity index is 630. The molecule has 0 saturated carbocycles. The maximum Gasteiger partial charge on any atom is 0.340 e. The first-order valence-corrected chi connectivity index (χ1v) is 5.48. The molecule has 0 bridgehead atoms. The summed E-state index contributed by atoms with van der Waals surface area (Å²) in [6.45, 7) is 3.77. The van der Waals surface area contributed by atoms with Gasteiger partial charge in [-0.05, 0) is 19.4 Å². The van der Waals surface area contributed by atoms with E-state index in [9.17, 15) is 14.9 Å². The first-order chi connectivity index (χ1) is 8.56. The molecule has 6 heteroatoms. The molecule has 0 unspecified atom stereocenters. The van der Waals surface area contributed by atoms with Gasteiger partial charge < -0.3 is 9.72 Å². The van der Waals surface area contributed by atoms with Gasteiger partial charge in [0.25, 0.3) is 5.69 Å². The molecule has 0 aliphatic carbocycles. The fourth-order valence-corrected chi connectivity index (χ4v) is 1.93. The summed E-state index contributed by atoms with van der Waals surface area (Å²) in [4.78, 5) is 24.9. The van der Waals surface area contributed by atoms with Gasteiger partial charge in [-0.1, -0.05) is 6.07 Å². The number of ether oxygens (including phenoxy) is 1. The van der Waals surface area contributed by atoms with Crippen LogP contribution in [-0.2, 0) is 4.74 Å². The van der Waals surface area contributed by atoms with E-state index in [2.05, 4.69) is 4.98 Å². The molecular weight excluding hydrogens is 236 g/mol. The highest BCUT2D eigenvalue weighted by Crippen LogP contribution is 2.30. The molecule has 1 aromatic heterocycles. The van der Waals surface area contributed by atoms with Gasteiger partial charge in [0.05, 0.1) is 17.1 Å². The number of rotatable bonds is 3. The predicted molar refractivity (Wildman–Crippen MR) is 65.6 cm³/mol. The van der Waals surface area contributed by atoms with Crippen LogP contribution in [0.15, 0.2) is 18.3 Å². The van der Waals surface area contributed by atoms with Crippen LogP contribution in [0, 0.1) is 17.0 Å². The quantitative estimate of drug-likeness (QED) is 0.514. The third kappa shape index (κ3) is 1.81. The van der Waals surface area contributed by atoms with Gasteiger partial charge in [0.2, 0.25) is 0 Å². The van der Waals surface area contributed by atoms with Gasteiger partial charge >= 0.3 is 5.97 Å². The highest BCUT2D eigenvalue weighted by molar-refractivity contribution is 6.07. The van der Waals surface area contributed by atoms with Crippen molar-refractivity contribution >= 4 is 22.6 Å². The third-order valence-electron chi connectivity index (χ3n) is 2.71. The van der Waals surface area contributed by atoms with Crippen molar-refractivity contribution in [3.05, 3.63) is 39.6 Å². The molecule has 1 N–H and O–H groups in total. The van der Waals surface area contributed by atoms with Crippen molar-refractivity contribution in [2.24, 2.45) is 0 Å². The summed E-state index contributed by atoms with van der Waals surface area (Å²) < 4.78 is 4.92. The molecule has 6 nitrogen and oxygen atoms in total. The van der Waals surface area contributed by atoms with Gasteiger partial charge in [-0.15, -0.1) is 0 Å². The average molecular weight is 248 g/mol. The largest absolute Gasteiger partial charge is 0.462 e. The first-order valence-electron chi connectivity index (χ1n) is 5.48. The molecule has 1 heterocycles. The molecule has 18 heavy (non-hydrogen) atoms. The standard InChI is InChI=1S/C12H12N2O4/c1-3-18-12(15)8-6-13-11-9(14(16)17)5-4-7(2)10(8)11/h4-6,13H,3H2,1-2H3. The summed E-state index contributed by atoms with van der Waals surface area (Å²) in [5.41, 5.74) is 1.42. The summed E-state index contributed by atoms with van der Waals surface area (Å²) >= 11 is 0. The molecule has 0 amide bonds. The number of aromatic nitrogens is 1. The van der Waals surface area contributed by atoms with Gasteiger partial charge in [-0.3, -0.25) is 10.1 Å². The molecule has 94 valence electrons. The van der Waals surface area contributed by atoms with E-state index in [1.165, 1.54) is 12.3 Å². The Balaban J connectivity index is 2.69. The van der Waals surface area contributed by atoms with Gasteiger partial charge in [0, 0.05) is 17.6 Å². The molecule has 0 atom stereocenters. The Morgan fingerprint density at radius 2 is 2.22 bits per heavy atom. The number of H-pyrrole nitrogens is 1. The summed E-state index contributed by atoms with van der Waals surface area (Å²) in [6, 6.07) is 3.04. The van der Waals surface area contributed by atoms with Gasteiger partial charge in [0.1, 0.15) is 5.52 Å². The SMILES string of the molecule is CCOC(=O)c1c[nH]c2c([N+](=O)[O-])ccc(C)c12. The van der Waals surface area contributed by atoms with Crippen LogP contribution in [0.3, 0.4) is 0 Å². The molecular formula is C12H12N2O4. The van der Waals surface area contributed by atoms with Crippen LogP contribution in [0.4, 0.5) is 5.69 Å². The van der Waals surface area contributed by atoms with Crippen molar-refractivity contribution in [3.8, 4) is 0 Å². The molecule has 0 radical (unpaired) electrons. The van der Waals surface area contributed by atoms with Gasteiger partial charge in [0.15, 0.2) is 0 Å². The number of hydrogen-bond acceptors (Lipinski definition) is 4. The highest BCUT2D eigenvalue weighted by atomic mass is 16.6. The average Bonchev–Trinajstić information content (AvgIpc) is 2.74. The second kappa shape index (κ2) is 4.48. The van der Waals surface area contributed by atoms with E-state index in [0.29, 0.717) is 16.5 Å². The van der Waals surface area contributed by atoms with Crippen LogP contribution >= 0.6 is 0 Å². The zero-order chi connectivity index (χ0) is 13.3. The van der Waals surface area contributed by atoms with Crippen LogP contribution in [-0.4, -0.2) is 22.5 Å². The number of aromatic amines is 1. The second-order valence-corrected chi connectivity index (χ2v) is 3.83. The number of aryl methyl sites for hydroxylation is 1. The monoisotopic (exact) mass is 248 g/mol. The number of nitro groups is 1. The second-order valence-electron chi connectivity index (χ2n) is 3.83. The number of fused-ring (bicyclic) bond motifs is 1. The zero-order valence-corrected chi connectivity index (χ0v) is 10.0. The fourth-order valence-electron chi connectivity index (χ4n) is 1.93. The smallest absolute Gasteiger partial charge is 0.340 e. The Morgan fingerprint density at radius 3 is 2.83 bits per heavy atom. The van der Waals surface area contributed by atoms with E-state index in [-0.39, 0.29) is 12.3 Å². The zero-order valence-electron chi connectivity index (χ0n) is 10.0. The molecule has 0 spiro atoms. The Labute approximate surface area is 103 Å². The van der Waals surface area contributed by atoms with E-state index < -0.39 is 10.9 Å². The molecule has 1 aromatic carbocycles. The number of hydrogen-bond donors (Lipinski definition) is 1. The maximum atomic E-state index is 11.7. The van der Waals surface area contributed by atoms with Crippen molar-refractivity contribution in [2.75, 3.05) is 6.61 Å². The van der Waals surface area contributed by atoms with E-state index >= 15 is 0 Å². The summed E-state index contributed by atoms with van der Waals surface area (Å²) in [6.07, 6.45) is 1.45. The van der Waals surface area contributed by atoms with Crippen molar-refractivity contribution < 1.29 is 14.5 Å². The maximum absolute atomic E-state index is 11.7. The Hall–Kier alpha value is -2.37. The molecule has 2 rings (SSSR count). The fraction of sp³-hybridized carbons (Fsp3) is 0.250. The Morgan fingerprint density at radius 1 is 1.50 bits per heavy atom. The number of nitrogens with zero attached hydrogens (tertiary/aromatic N) is 1. The highest BCUT2D eigenvalue weighted by Gasteiger charge is 2.21. The topological polar surface area (TPSA) is 85.2 Å². The van der Waals surface area contributed by atoms with Crippen LogP contribution in [0.1, 0.15) is 22.8 Å². The van der Waals surface area contributed by atoms with Crippen molar-refractivity contribution in [3.63, 3.8) is 0 Å². The summed E-state index contributed by atoms with van der Waals surface area (Å²) in [5, 5.41) is 11.4. The molecule has 2 aromatic rings. The molecule has 0 aliphatic rings. The first kappa shape index (κ1) is 12.1. The normalized spacial score (nSPS) is 10.6. The Kier molecular flexibility index (Phi) is 3.01. The van der Waals surface area contributed by atoms with Crippen LogP contribution in [0.5, 0.6) is 0 Å². The van der Waals surface area contributed by atoms with Crippen molar-refractivity contribution in [2.45, 2.75) is 13.8 Å². The van der Waals surface area contributed by atoms with Crippen LogP contribution in [0.2, 0.25) is 0 Å². The number of esters is 1. The number of carbonyl (C=O) groups is 1. The van der Waals surface area contributed by atoms with Crippen molar-refractivity contribution in [1.82, 2.24) is 4.98 Å². The van der Waals surface area contributed by atoms with Crippen LogP contribution < -0.4 is 0 Å². The number of benzene rings is 1. The van der Waals surface area contributed by atoms with E-state index in [0.717, 1.165) is 5.56 Å². The minimum Gasteiger partial charge on any atom is -0.462 e. The predicted octanol–water partition coefficient (Wildman–Crippen LogP) is 2.56. The minimum absolute atomic E-state index is 0.0499. The number of non-ortho nitro benzene ring substituents is 1. The number of nitro benzene ring substituents is 1. The van der Waals surface area contributed by atoms with Gasteiger partial charge in [-0.2, -0.15) is 0 Å². The lowest BCUT2D eigenvalue weighted by molar-refractivity contribution is -0.383. The van der Waals surface area contributed by atoms with Crippen molar-refractivity contribution in [1.29, 1.82) is 0 Å². The molecule has 0 aliphatic heterocycles. The third-order valence-corrected chi connectivity index (χ3v) is 2.71. The molecule has 0 fully saturated rings. The summed E-state index contributed by atoms with van der Waals surface area (Å²) in [5.74, 6) is -0.479. The lowest BCUT2D eigenvalue weighted by atomic mass is 10.1. The lowest BCUT2D eigenvalue weighted by Gasteiger charge is -2.02. The van der Waals surface area contributed by atoms with Gasteiger partial charge in [-0.25, -0.2) is 4.79 Å². The lowest BCUT2D eigenvalue weighted by Crippen LogP contribution is -2.04. The summed E-state index contributed by atoms with van der Waals surface area (Å²) in [7, 11) is 0. The number of nitrogens with one attached hydrogen (secondary N) is 1. The molecule has 0 saturated heterocycles. The van der Waals surface area contributed by atoms with E-state index in [1.54, 1.807) is 19.9 Å². The van der Waals surface area contributed by atoms with E-state index in [4.69, 9.17) is 4.74 Å². The van der Waals surface area contributed by atoms with Crippen LogP contribution in [0.25, 0.3) is 10.9 Å². The van der Waals surface area contributed by atoms with E-state index in [1.807, 2.05) is 0 Å². The minimum atomic E-state index is -0.479.